The lowest BCUT2D eigenvalue weighted by Crippen LogP contribution is -2.17. The van der Waals surface area contributed by atoms with Crippen molar-refractivity contribution >= 4 is 15.9 Å². The maximum absolute atomic E-state index is 13.3. The maximum atomic E-state index is 13.3. The van der Waals surface area contributed by atoms with Crippen LogP contribution in [-0.4, -0.2) is 7.05 Å². The van der Waals surface area contributed by atoms with Crippen molar-refractivity contribution in [2.45, 2.75) is 32.7 Å². The van der Waals surface area contributed by atoms with Crippen LogP contribution in [0.4, 0.5) is 4.39 Å². The van der Waals surface area contributed by atoms with Gasteiger partial charge in [0.05, 0.1) is 0 Å². The molecular formula is C13H19BrFN. The van der Waals surface area contributed by atoms with E-state index in [1.54, 1.807) is 6.07 Å². The molecule has 90 valence electrons. The number of rotatable bonds is 5. The van der Waals surface area contributed by atoms with Crippen molar-refractivity contribution in [3.63, 3.8) is 0 Å². The lowest BCUT2D eigenvalue weighted by atomic mass is 9.98. The van der Waals surface area contributed by atoms with Gasteiger partial charge in [-0.25, -0.2) is 4.39 Å². The number of halogens is 2. The first-order valence-corrected chi connectivity index (χ1v) is 6.45. The molecule has 0 fully saturated rings. The summed E-state index contributed by atoms with van der Waals surface area (Å²) in [5.41, 5.74) is 1.01. The number of hydrogen-bond acceptors (Lipinski definition) is 1. The molecule has 0 aliphatic rings. The molecule has 1 nitrogen and oxygen atoms in total. The van der Waals surface area contributed by atoms with Crippen molar-refractivity contribution < 1.29 is 4.39 Å². The minimum atomic E-state index is -0.186. The first-order valence-electron chi connectivity index (χ1n) is 5.66. The van der Waals surface area contributed by atoms with Crippen LogP contribution >= 0.6 is 15.9 Å². The van der Waals surface area contributed by atoms with Crippen LogP contribution in [0.2, 0.25) is 0 Å². The minimum absolute atomic E-state index is 0.186. The molecule has 0 amide bonds. The van der Waals surface area contributed by atoms with E-state index in [1.165, 1.54) is 6.07 Å². The van der Waals surface area contributed by atoms with Crippen LogP contribution < -0.4 is 5.32 Å². The smallest absolute Gasteiger partial charge is 0.124 e. The van der Waals surface area contributed by atoms with E-state index in [1.807, 2.05) is 13.1 Å². The molecule has 0 spiro atoms. The zero-order valence-electron chi connectivity index (χ0n) is 10.1. The van der Waals surface area contributed by atoms with Gasteiger partial charge in [0.25, 0.3) is 0 Å². The highest BCUT2D eigenvalue weighted by Crippen LogP contribution is 2.24. The summed E-state index contributed by atoms with van der Waals surface area (Å²) in [4.78, 5) is 0. The standard InChI is InChI=1S/C13H19BrFN/c1-9(2)4-5-13(16-3)10-6-11(14)8-12(15)7-10/h6-9,13,16H,4-5H2,1-3H3. The molecule has 0 heterocycles. The molecule has 16 heavy (non-hydrogen) atoms. The summed E-state index contributed by atoms with van der Waals surface area (Å²) in [6.07, 6.45) is 2.17. The van der Waals surface area contributed by atoms with Gasteiger partial charge in [-0.3, -0.25) is 0 Å². The highest BCUT2D eigenvalue weighted by molar-refractivity contribution is 9.10. The first-order chi connectivity index (χ1) is 7.52. The fourth-order valence-electron chi connectivity index (χ4n) is 1.75. The van der Waals surface area contributed by atoms with Gasteiger partial charge in [0.1, 0.15) is 5.82 Å². The predicted molar refractivity (Wildman–Crippen MR) is 70.0 cm³/mol. The summed E-state index contributed by atoms with van der Waals surface area (Å²) in [5, 5.41) is 3.24. The van der Waals surface area contributed by atoms with E-state index in [0.717, 1.165) is 22.9 Å². The Morgan fingerprint density at radius 1 is 1.25 bits per heavy atom. The molecule has 0 aliphatic carbocycles. The van der Waals surface area contributed by atoms with E-state index in [4.69, 9.17) is 0 Å². The van der Waals surface area contributed by atoms with Gasteiger partial charge < -0.3 is 5.32 Å². The summed E-state index contributed by atoms with van der Waals surface area (Å²) < 4.78 is 14.1. The van der Waals surface area contributed by atoms with Gasteiger partial charge in [0, 0.05) is 10.5 Å². The van der Waals surface area contributed by atoms with E-state index >= 15 is 0 Å². The maximum Gasteiger partial charge on any atom is 0.124 e. The van der Waals surface area contributed by atoms with E-state index in [2.05, 4.69) is 35.1 Å². The van der Waals surface area contributed by atoms with Crippen molar-refractivity contribution in [2.75, 3.05) is 7.05 Å². The van der Waals surface area contributed by atoms with Crippen LogP contribution in [0.1, 0.15) is 38.3 Å². The average Bonchev–Trinajstić information content (AvgIpc) is 2.16. The van der Waals surface area contributed by atoms with E-state index in [-0.39, 0.29) is 11.9 Å². The Kier molecular flexibility index (Phi) is 5.42. The highest BCUT2D eigenvalue weighted by Gasteiger charge is 2.11. The fourth-order valence-corrected chi connectivity index (χ4v) is 2.24. The normalized spacial score (nSPS) is 13.1. The third-order valence-electron chi connectivity index (χ3n) is 2.67. The highest BCUT2D eigenvalue weighted by atomic mass is 79.9. The van der Waals surface area contributed by atoms with Gasteiger partial charge in [-0.1, -0.05) is 29.8 Å². The minimum Gasteiger partial charge on any atom is -0.313 e. The lowest BCUT2D eigenvalue weighted by molar-refractivity contribution is 0.463. The Morgan fingerprint density at radius 2 is 1.94 bits per heavy atom. The molecular weight excluding hydrogens is 269 g/mol. The molecule has 0 aliphatic heterocycles. The second-order valence-electron chi connectivity index (χ2n) is 4.52. The van der Waals surface area contributed by atoms with Gasteiger partial charge in [-0.15, -0.1) is 0 Å². The lowest BCUT2D eigenvalue weighted by Gasteiger charge is -2.18. The SMILES string of the molecule is CNC(CCC(C)C)c1cc(F)cc(Br)c1. The fraction of sp³-hybridized carbons (Fsp3) is 0.538. The number of nitrogens with one attached hydrogen (secondary N) is 1. The van der Waals surface area contributed by atoms with Crippen molar-refractivity contribution in [2.24, 2.45) is 5.92 Å². The van der Waals surface area contributed by atoms with Gasteiger partial charge in [-0.05, 0) is 49.6 Å². The van der Waals surface area contributed by atoms with Gasteiger partial charge in [0.15, 0.2) is 0 Å². The topological polar surface area (TPSA) is 12.0 Å². The van der Waals surface area contributed by atoms with Gasteiger partial charge in [0.2, 0.25) is 0 Å². The van der Waals surface area contributed by atoms with Gasteiger partial charge in [-0.2, -0.15) is 0 Å². The molecule has 1 N–H and O–H groups in total. The molecule has 0 saturated heterocycles. The quantitative estimate of drug-likeness (QED) is 0.852. The number of benzene rings is 1. The van der Waals surface area contributed by atoms with Crippen LogP contribution in [0.15, 0.2) is 22.7 Å². The molecule has 0 aromatic heterocycles. The summed E-state index contributed by atoms with van der Waals surface area (Å²) in [7, 11) is 1.92. The monoisotopic (exact) mass is 287 g/mol. The van der Waals surface area contributed by atoms with Crippen LogP contribution in [-0.2, 0) is 0 Å². The average molecular weight is 288 g/mol. The van der Waals surface area contributed by atoms with E-state index in [9.17, 15) is 4.39 Å². The molecule has 1 unspecified atom stereocenters. The Bertz CT molecular complexity index is 318. The van der Waals surface area contributed by atoms with Crippen molar-refractivity contribution in [3.05, 3.63) is 34.1 Å². The Morgan fingerprint density at radius 3 is 2.44 bits per heavy atom. The second-order valence-corrected chi connectivity index (χ2v) is 5.43. The van der Waals surface area contributed by atoms with Crippen LogP contribution in [0.5, 0.6) is 0 Å². The second kappa shape index (κ2) is 6.36. The molecule has 0 radical (unpaired) electrons. The Labute approximate surface area is 106 Å². The van der Waals surface area contributed by atoms with E-state index in [0.29, 0.717) is 5.92 Å². The predicted octanol–water partition coefficient (Wildman–Crippen LogP) is 4.28. The zero-order chi connectivity index (χ0) is 12.1. The molecule has 0 saturated carbocycles. The first kappa shape index (κ1) is 13.7. The van der Waals surface area contributed by atoms with Gasteiger partial charge >= 0.3 is 0 Å². The summed E-state index contributed by atoms with van der Waals surface area (Å²) in [5.74, 6) is 0.488. The summed E-state index contributed by atoms with van der Waals surface area (Å²) in [6.45, 7) is 4.41. The molecule has 1 atom stereocenters. The third kappa shape index (κ3) is 4.22. The summed E-state index contributed by atoms with van der Waals surface area (Å²) >= 11 is 3.32. The van der Waals surface area contributed by atoms with Crippen LogP contribution in [0.3, 0.4) is 0 Å². The zero-order valence-corrected chi connectivity index (χ0v) is 11.6. The van der Waals surface area contributed by atoms with E-state index < -0.39 is 0 Å². The largest absolute Gasteiger partial charge is 0.313 e. The van der Waals surface area contributed by atoms with Crippen molar-refractivity contribution in [1.82, 2.24) is 5.32 Å². The third-order valence-corrected chi connectivity index (χ3v) is 3.13. The molecule has 1 aromatic carbocycles. The van der Waals surface area contributed by atoms with Crippen molar-refractivity contribution in [1.29, 1.82) is 0 Å². The van der Waals surface area contributed by atoms with Crippen LogP contribution in [0, 0.1) is 11.7 Å². The van der Waals surface area contributed by atoms with Crippen molar-refractivity contribution in [3.8, 4) is 0 Å². The molecule has 0 bridgehead atoms. The number of hydrogen-bond donors (Lipinski definition) is 1. The Balaban J connectivity index is 2.78. The Hall–Kier alpha value is -0.410. The molecule has 1 rings (SSSR count). The molecule has 3 heteroatoms. The summed E-state index contributed by atoms with van der Waals surface area (Å²) in [6, 6.07) is 5.30. The molecule has 1 aromatic rings. The van der Waals surface area contributed by atoms with Crippen LogP contribution in [0.25, 0.3) is 0 Å².